The average Bonchev–Trinajstić information content (AvgIpc) is 2.47. The van der Waals surface area contributed by atoms with Crippen LogP contribution in [0.15, 0.2) is 48.5 Å². The molecule has 0 aliphatic carbocycles. The van der Waals surface area contributed by atoms with E-state index in [-0.39, 0.29) is 11.8 Å². The number of halogens is 1. The molecule has 0 aliphatic rings. The number of hydrogen-bond acceptors (Lipinski definition) is 2. The van der Waals surface area contributed by atoms with Crippen molar-refractivity contribution in [1.82, 2.24) is 5.32 Å². The molecule has 0 spiro atoms. The van der Waals surface area contributed by atoms with E-state index in [4.69, 9.17) is 4.74 Å². The number of benzene rings is 2. The second-order valence-corrected chi connectivity index (χ2v) is 5.44. The lowest BCUT2D eigenvalue weighted by Gasteiger charge is -2.27. The fraction of sp³-hybridized carbons (Fsp3) is 0.235. The Morgan fingerprint density at radius 2 is 1.82 bits per heavy atom. The summed E-state index contributed by atoms with van der Waals surface area (Å²) in [6.07, 6.45) is 0. The molecular formula is C17H19FN2O2. The van der Waals surface area contributed by atoms with E-state index in [1.807, 2.05) is 13.8 Å². The predicted molar refractivity (Wildman–Crippen MR) is 84.6 cm³/mol. The summed E-state index contributed by atoms with van der Waals surface area (Å²) >= 11 is 0. The van der Waals surface area contributed by atoms with Crippen LogP contribution in [0.5, 0.6) is 5.75 Å². The van der Waals surface area contributed by atoms with Crippen LogP contribution in [0.2, 0.25) is 0 Å². The van der Waals surface area contributed by atoms with Gasteiger partial charge in [-0.2, -0.15) is 0 Å². The van der Waals surface area contributed by atoms with Crippen molar-refractivity contribution >= 4 is 11.7 Å². The van der Waals surface area contributed by atoms with Gasteiger partial charge in [0.05, 0.1) is 12.6 Å². The van der Waals surface area contributed by atoms with E-state index >= 15 is 0 Å². The van der Waals surface area contributed by atoms with Gasteiger partial charge in [-0.15, -0.1) is 0 Å². The molecule has 0 heterocycles. The van der Waals surface area contributed by atoms with Gasteiger partial charge in [0.15, 0.2) is 0 Å². The minimum absolute atomic E-state index is 0.305. The van der Waals surface area contributed by atoms with E-state index in [1.165, 1.54) is 12.1 Å². The van der Waals surface area contributed by atoms with Crippen LogP contribution in [-0.4, -0.2) is 13.1 Å². The molecule has 2 N–H and O–H groups in total. The molecule has 0 saturated heterocycles. The second-order valence-electron chi connectivity index (χ2n) is 5.44. The third-order valence-corrected chi connectivity index (χ3v) is 3.32. The van der Waals surface area contributed by atoms with Crippen molar-refractivity contribution in [1.29, 1.82) is 0 Å². The molecule has 22 heavy (non-hydrogen) atoms. The summed E-state index contributed by atoms with van der Waals surface area (Å²) in [7, 11) is 1.57. The molecule has 0 aliphatic heterocycles. The Bertz CT molecular complexity index is 654. The number of hydrogen-bond donors (Lipinski definition) is 2. The number of nitrogens with one attached hydrogen (secondary N) is 2. The van der Waals surface area contributed by atoms with Gasteiger partial charge in [0.2, 0.25) is 0 Å². The van der Waals surface area contributed by atoms with E-state index in [0.29, 0.717) is 11.4 Å². The lowest BCUT2D eigenvalue weighted by molar-refractivity contribution is 0.242. The summed E-state index contributed by atoms with van der Waals surface area (Å²) in [6.45, 7) is 3.71. The molecule has 0 fully saturated rings. The minimum Gasteiger partial charge on any atom is -0.497 e. The molecule has 4 nitrogen and oxygen atoms in total. The first-order chi connectivity index (χ1) is 10.4. The number of amides is 2. The molecule has 2 aromatic carbocycles. The molecule has 0 aromatic heterocycles. The van der Waals surface area contributed by atoms with Gasteiger partial charge >= 0.3 is 6.03 Å². The standard InChI is InChI=1S/C17H19FN2O2/c1-17(2,12-7-9-13(18)10-8-12)20-16(21)19-14-5-4-6-15(11-14)22-3/h4-11H,1-3H3,(H2,19,20,21). The van der Waals surface area contributed by atoms with E-state index in [9.17, 15) is 9.18 Å². The van der Waals surface area contributed by atoms with Gasteiger partial charge in [0, 0.05) is 11.8 Å². The topological polar surface area (TPSA) is 50.4 Å². The van der Waals surface area contributed by atoms with Crippen molar-refractivity contribution in [3.05, 3.63) is 59.9 Å². The van der Waals surface area contributed by atoms with Crippen LogP contribution < -0.4 is 15.4 Å². The molecule has 116 valence electrons. The summed E-state index contributed by atoms with van der Waals surface area (Å²) in [6, 6.07) is 12.8. The summed E-state index contributed by atoms with van der Waals surface area (Å²) in [5.74, 6) is 0.357. The van der Waals surface area contributed by atoms with E-state index < -0.39 is 5.54 Å². The molecule has 0 radical (unpaired) electrons. The fourth-order valence-electron chi connectivity index (χ4n) is 2.09. The first-order valence-electron chi connectivity index (χ1n) is 6.90. The summed E-state index contributed by atoms with van der Waals surface area (Å²) in [5, 5.41) is 5.61. The second kappa shape index (κ2) is 6.47. The average molecular weight is 302 g/mol. The highest BCUT2D eigenvalue weighted by Gasteiger charge is 2.22. The monoisotopic (exact) mass is 302 g/mol. The van der Waals surface area contributed by atoms with Crippen LogP contribution in [0, 0.1) is 5.82 Å². The van der Waals surface area contributed by atoms with Gasteiger partial charge in [-0.25, -0.2) is 9.18 Å². The highest BCUT2D eigenvalue weighted by molar-refractivity contribution is 5.90. The van der Waals surface area contributed by atoms with Crippen LogP contribution in [-0.2, 0) is 5.54 Å². The van der Waals surface area contributed by atoms with Crippen molar-refractivity contribution in [2.24, 2.45) is 0 Å². The summed E-state index contributed by atoms with van der Waals surface area (Å²) in [4.78, 5) is 12.1. The van der Waals surface area contributed by atoms with Crippen LogP contribution in [0.3, 0.4) is 0 Å². The molecule has 0 bridgehead atoms. The van der Waals surface area contributed by atoms with Crippen molar-refractivity contribution in [2.75, 3.05) is 12.4 Å². The van der Waals surface area contributed by atoms with Gasteiger partial charge in [0.1, 0.15) is 11.6 Å². The maximum absolute atomic E-state index is 13.0. The first-order valence-corrected chi connectivity index (χ1v) is 6.90. The Morgan fingerprint density at radius 1 is 1.14 bits per heavy atom. The van der Waals surface area contributed by atoms with Crippen LogP contribution in [0.25, 0.3) is 0 Å². The molecule has 0 atom stereocenters. The largest absolute Gasteiger partial charge is 0.497 e. The third kappa shape index (κ3) is 3.97. The predicted octanol–water partition coefficient (Wildman–Crippen LogP) is 3.89. The molecule has 2 amide bonds. The summed E-state index contributed by atoms with van der Waals surface area (Å²) < 4.78 is 18.1. The minimum atomic E-state index is -0.628. The molecule has 5 heteroatoms. The van der Waals surface area contributed by atoms with E-state index in [2.05, 4.69) is 10.6 Å². The highest BCUT2D eigenvalue weighted by Crippen LogP contribution is 2.21. The molecular weight excluding hydrogens is 283 g/mol. The van der Waals surface area contributed by atoms with Crippen LogP contribution >= 0.6 is 0 Å². The van der Waals surface area contributed by atoms with Gasteiger partial charge in [-0.3, -0.25) is 0 Å². The maximum atomic E-state index is 13.0. The van der Waals surface area contributed by atoms with Crippen molar-refractivity contribution < 1.29 is 13.9 Å². The van der Waals surface area contributed by atoms with Crippen LogP contribution in [0.1, 0.15) is 19.4 Å². The maximum Gasteiger partial charge on any atom is 0.319 e. The summed E-state index contributed by atoms with van der Waals surface area (Å²) in [5.41, 5.74) is 0.817. The van der Waals surface area contributed by atoms with Gasteiger partial charge in [-0.05, 0) is 43.7 Å². The first kappa shape index (κ1) is 15.8. The molecule has 2 aromatic rings. The Kier molecular flexibility index (Phi) is 4.65. The highest BCUT2D eigenvalue weighted by atomic mass is 19.1. The third-order valence-electron chi connectivity index (χ3n) is 3.32. The normalized spacial score (nSPS) is 10.9. The zero-order valence-corrected chi connectivity index (χ0v) is 12.8. The number of methoxy groups -OCH3 is 1. The smallest absolute Gasteiger partial charge is 0.319 e. The zero-order chi connectivity index (χ0) is 16.2. The van der Waals surface area contributed by atoms with E-state index in [0.717, 1.165) is 5.56 Å². The number of urea groups is 1. The Morgan fingerprint density at radius 3 is 2.45 bits per heavy atom. The van der Waals surface area contributed by atoms with Crippen LogP contribution in [0.4, 0.5) is 14.9 Å². The number of carbonyl (C=O) groups is 1. The van der Waals surface area contributed by atoms with Gasteiger partial charge in [-0.1, -0.05) is 18.2 Å². The number of ether oxygens (including phenoxy) is 1. The van der Waals surface area contributed by atoms with E-state index in [1.54, 1.807) is 43.5 Å². The fourth-order valence-corrected chi connectivity index (χ4v) is 2.09. The number of rotatable bonds is 4. The van der Waals surface area contributed by atoms with Gasteiger partial charge in [0.25, 0.3) is 0 Å². The van der Waals surface area contributed by atoms with Crippen molar-refractivity contribution in [3.8, 4) is 5.75 Å². The lowest BCUT2D eigenvalue weighted by atomic mass is 9.94. The zero-order valence-electron chi connectivity index (χ0n) is 12.8. The number of anilines is 1. The molecule has 2 rings (SSSR count). The molecule has 0 unspecified atom stereocenters. The van der Waals surface area contributed by atoms with Gasteiger partial charge < -0.3 is 15.4 Å². The Labute approximate surface area is 129 Å². The van der Waals surface area contributed by atoms with Crippen molar-refractivity contribution in [2.45, 2.75) is 19.4 Å². The Hall–Kier alpha value is -2.56. The molecule has 0 saturated carbocycles. The van der Waals surface area contributed by atoms with Crippen molar-refractivity contribution in [3.63, 3.8) is 0 Å². The number of carbonyl (C=O) groups excluding carboxylic acids is 1. The Balaban J connectivity index is 2.05. The quantitative estimate of drug-likeness (QED) is 0.900. The SMILES string of the molecule is COc1cccc(NC(=O)NC(C)(C)c2ccc(F)cc2)c1. The lowest BCUT2D eigenvalue weighted by Crippen LogP contribution is -2.43.